The maximum atomic E-state index is 13.2. The van der Waals surface area contributed by atoms with Crippen molar-refractivity contribution in [2.75, 3.05) is 13.2 Å². The number of carbonyl (C=O) groups is 1. The molecule has 0 aliphatic heterocycles. The monoisotopic (exact) mass is 411 g/mol. The molecule has 1 aromatic carbocycles. The first-order valence-electron chi connectivity index (χ1n) is 8.15. The third-order valence-electron chi connectivity index (χ3n) is 4.30. The fourth-order valence-electron chi connectivity index (χ4n) is 2.34. The highest BCUT2D eigenvalue weighted by Gasteiger charge is 2.54. The molecule has 148 valence electrons. The molecule has 0 saturated heterocycles. The molecule has 6 nitrogen and oxygen atoms in total. The highest BCUT2D eigenvalue weighted by molar-refractivity contribution is 7.89. The van der Waals surface area contributed by atoms with Crippen molar-refractivity contribution in [3.63, 3.8) is 0 Å². The maximum Gasteiger partial charge on any atom is 0.326 e. The average Bonchev–Trinajstić information content (AvgIpc) is 2.58. The van der Waals surface area contributed by atoms with E-state index in [1.165, 1.54) is 37.3 Å². The zero-order valence-corrected chi connectivity index (χ0v) is 17.6. The fourth-order valence-corrected chi connectivity index (χ4v) is 4.45. The molecule has 1 N–H and O–H groups in total. The molecule has 1 atom stereocenters. The molecule has 0 spiro atoms. The van der Waals surface area contributed by atoms with Gasteiger partial charge in [-0.3, -0.25) is 4.79 Å². The summed E-state index contributed by atoms with van der Waals surface area (Å²) in [5, 5.41) is 9.82. The summed E-state index contributed by atoms with van der Waals surface area (Å²) in [6.45, 7) is 9.71. The van der Waals surface area contributed by atoms with Gasteiger partial charge in [-0.25, -0.2) is 8.42 Å². The number of sulfonamides is 1. The van der Waals surface area contributed by atoms with Gasteiger partial charge in [0.25, 0.3) is 0 Å². The number of hydrogen-bond acceptors (Lipinski definition) is 5. The van der Waals surface area contributed by atoms with Gasteiger partial charge in [0.05, 0.1) is 4.90 Å². The van der Waals surface area contributed by atoms with Crippen LogP contribution in [0, 0.1) is 11.8 Å². The molecule has 0 bridgehead atoms. The number of rotatable bonds is 9. The molecule has 0 heterocycles. The van der Waals surface area contributed by atoms with Crippen LogP contribution >= 0.6 is 12.6 Å². The lowest BCUT2D eigenvalue weighted by Crippen LogP contribution is -2.64. The standard InChI is InChI=1S/C19H25NO5S2/c1-6-8-14-25-15-9-11-16(12-10-15)27(23,24)20(13-7-2)19(5,17(21)22)18(3,4)26/h7,9-12,26H,2,13-14H2,1,3-5H3,(H,21,22)/t19-/m0/s1. The van der Waals surface area contributed by atoms with Crippen LogP contribution in [0.2, 0.25) is 0 Å². The number of hydrogen-bond donors (Lipinski definition) is 2. The van der Waals surface area contributed by atoms with Gasteiger partial charge in [0.1, 0.15) is 17.9 Å². The number of carboxylic acid groups (broad SMARTS) is 1. The van der Waals surface area contributed by atoms with Crippen molar-refractivity contribution < 1.29 is 23.1 Å². The van der Waals surface area contributed by atoms with Gasteiger partial charge >= 0.3 is 5.97 Å². The van der Waals surface area contributed by atoms with Gasteiger partial charge < -0.3 is 9.84 Å². The van der Waals surface area contributed by atoms with Gasteiger partial charge in [-0.1, -0.05) is 12.0 Å². The van der Waals surface area contributed by atoms with Gasteiger partial charge in [-0.05, 0) is 52.0 Å². The normalized spacial score (nSPS) is 14.0. The number of thiol groups is 1. The van der Waals surface area contributed by atoms with E-state index in [1.807, 2.05) is 0 Å². The van der Waals surface area contributed by atoms with E-state index in [0.29, 0.717) is 5.75 Å². The minimum absolute atomic E-state index is 0.0525. The first kappa shape index (κ1) is 23.1. The van der Waals surface area contributed by atoms with E-state index in [0.717, 1.165) is 4.31 Å². The van der Waals surface area contributed by atoms with Crippen molar-refractivity contribution in [3.8, 4) is 17.6 Å². The Labute approximate surface area is 166 Å². The van der Waals surface area contributed by atoms with Crippen molar-refractivity contribution >= 4 is 28.6 Å². The predicted octanol–water partition coefficient (Wildman–Crippen LogP) is 2.82. The third-order valence-corrected chi connectivity index (χ3v) is 6.70. The fraction of sp³-hybridized carbons (Fsp3) is 0.421. The smallest absolute Gasteiger partial charge is 0.326 e. The van der Waals surface area contributed by atoms with E-state index in [2.05, 4.69) is 31.0 Å². The zero-order chi connectivity index (χ0) is 20.9. The summed E-state index contributed by atoms with van der Waals surface area (Å²) in [4.78, 5) is 12.0. The van der Waals surface area contributed by atoms with Crippen LogP contribution in [0.3, 0.4) is 0 Å². The number of benzene rings is 1. The highest BCUT2D eigenvalue weighted by Crippen LogP contribution is 2.37. The molecule has 0 radical (unpaired) electrons. The minimum atomic E-state index is -4.14. The molecule has 0 saturated carbocycles. The van der Waals surface area contributed by atoms with E-state index in [4.69, 9.17) is 4.74 Å². The van der Waals surface area contributed by atoms with Gasteiger partial charge in [0.2, 0.25) is 10.0 Å². The van der Waals surface area contributed by atoms with E-state index >= 15 is 0 Å². The Kier molecular flexibility index (Phi) is 7.55. The Hall–Kier alpha value is -1.95. The Morgan fingerprint density at radius 2 is 1.89 bits per heavy atom. The molecule has 0 aliphatic carbocycles. The van der Waals surface area contributed by atoms with Crippen molar-refractivity contribution in [1.29, 1.82) is 0 Å². The van der Waals surface area contributed by atoms with E-state index in [-0.39, 0.29) is 18.0 Å². The summed E-state index contributed by atoms with van der Waals surface area (Å²) in [7, 11) is -4.14. The topological polar surface area (TPSA) is 83.9 Å². The summed E-state index contributed by atoms with van der Waals surface area (Å²) in [5.74, 6) is 4.60. The quantitative estimate of drug-likeness (QED) is 0.371. The average molecular weight is 412 g/mol. The van der Waals surface area contributed by atoms with Gasteiger partial charge in [0.15, 0.2) is 0 Å². The molecule has 0 unspecified atom stereocenters. The minimum Gasteiger partial charge on any atom is -0.481 e. The largest absolute Gasteiger partial charge is 0.481 e. The molecule has 0 aliphatic rings. The molecule has 0 amide bonds. The van der Waals surface area contributed by atoms with Crippen LogP contribution in [0.5, 0.6) is 5.75 Å². The summed E-state index contributed by atoms with van der Waals surface area (Å²) in [5.41, 5.74) is -1.81. The molecular formula is C19H25NO5S2. The highest BCUT2D eigenvalue weighted by atomic mass is 32.2. The summed E-state index contributed by atoms with van der Waals surface area (Å²) < 4.78 is 31.5. The molecule has 0 aromatic heterocycles. The molecule has 8 heteroatoms. The molecule has 1 aromatic rings. The van der Waals surface area contributed by atoms with Gasteiger partial charge in [-0.2, -0.15) is 16.9 Å². The van der Waals surface area contributed by atoms with Crippen LogP contribution in [0.15, 0.2) is 41.8 Å². The molecular weight excluding hydrogens is 386 g/mol. The van der Waals surface area contributed by atoms with E-state index < -0.39 is 26.3 Å². The van der Waals surface area contributed by atoms with Crippen LogP contribution < -0.4 is 4.74 Å². The number of aliphatic carboxylic acids is 1. The first-order valence-corrected chi connectivity index (χ1v) is 10.0. The Bertz CT molecular complexity index is 845. The van der Waals surface area contributed by atoms with E-state index in [9.17, 15) is 18.3 Å². The Morgan fingerprint density at radius 3 is 2.30 bits per heavy atom. The second-order valence-corrected chi connectivity index (χ2v) is 9.43. The lowest BCUT2D eigenvalue weighted by Gasteiger charge is -2.44. The van der Waals surface area contributed by atoms with Crippen LogP contribution in [-0.2, 0) is 14.8 Å². The van der Waals surface area contributed by atoms with Crippen molar-refractivity contribution in [3.05, 3.63) is 36.9 Å². The Balaban J connectivity index is 3.39. The zero-order valence-electron chi connectivity index (χ0n) is 15.9. The van der Waals surface area contributed by atoms with Crippen molar-refractivity contribution in [2.45, 2.75) is 42.9 Å². The summed E-state index contributed by atoms with van der Waals surface area (Å²) in [6, 6.07) is 5.74. The van der Waals surface area contributed by atoms with Crippen molar-refractivity contribution in [1.82, 2.24) is 4.31 Å². The summed E-state index contributed by atoms with van der Waals surface area (Å²) >= 11 is 4.36. The second-order valence-electron chi connectivity index (χ2n) is 6.45. The molecule has 1 rings (SSSR count). The number of nitrogens with zero attached hydrogens (tertiary/aromatic N) is 1. The third kappa shape index (κ3) is 4.86. The second kappa shape index (κ2) is 8.83. The van der Waals surface area contributed by atoms with Crippen LogP contribution in [0.1, 0.15) is 27.7 Å². The first-order chi connectivity index (χ1) is 12.4. The number of ether oxygens (including phenoxy) is 1. The molecule has 27 heavy (non-hydrogen) atoms. The SMILES string of the molecule is C=CCN([C@@](C)(C(=O)O)C(C)(C)S)S(=O)(=O)c1ccc(OCC#CC)cc1. The van der Waals surface area contributed by atoms with E-state index in [1.54, 1.807) is 20.8 Å². The maximum absolute atomic E-state index is 13.2. The lowest BCUT2D eigenvalue weighted by molar-refractivity contribution is -0.148. The van der Waals surface area contributed by atoms with Gasteiger partial charge in [-0.15, -0.1) is 12.5 Å². The number of carboxylic acids is 1. The lowest BCUT2D eigenvalue weighted by atomic mass is 9.87. The molecule has 0 fully saturated rings. The Morgan fingerprint density at radius 1 is 1.33 bits per heavy atom. The summed E-state index contributed by atoms with van der Waals surface area (Å²) in [6.07, 6.45) is 1.35. The predicted molar refractivity (Wildman–Crippen MR) is 109 cm³/mol. The van der Waals surface area contributed by atoms with Gasteiger partial charge in [0, 0.05) is 11.3 Å². The van der Waals surface area contributed by atoms with Crippen LogP contribution in [-0.4, -0.2) is 47.2 Å². The van der Waals surface area contributed by atoms with Crippen LogP contribution in [0.4, 0.5) is 0 Å². The van der Waals surface area contributed by atoms with Crippen LogP contribution in [0.25, 0.3) is 0 Å². The van der Waals surface area contributed by atoms with Crippen molar-refractivity contribution in [2.24, 2.45) is 0 Å².